The summed E-state index contributed by atoms with van der Waals surface area (Å²) in [6, 6.07) is 31.3. The van der Waals surface area contributed by atoms with E-state index in [0.717, 1.165) is 39.7 Å². The zero-order valence-corrected chi connectivity index (χ0v) is 39.3. The molecule has 0 fully saturated rings. The Labute approximate surface area is 392 Å². The first-order chi connectivity index (χ1) is 32.5. The first-order valence-electron chi connectivity index (χ1n) is 21.4. The standard InChI is InChI=1S/C27H30O7.C24H26O7.C2H6/c1-31-23-10-9-19(13-26(23)34-4)27(18-6-8-21(15-29)25(12-18)33-3)22(16-30)17-5-7-20(14-28)24(11-17)32-2;1-29-21-10-14(4-7-18(21)26)17(13-25)24(15-5-8-19(27)22(11-15)30-2)16-6-9-20(28)23(12-16)31-3;1-2/h5-13,16,22,27-29H,14-15H2,1-4H3;4-12,17,24-28H,13H2,1-3H3;1-2H3. The van der Waals surface area contributed by atoms with E-state index >= 15 is 0 Å². The van der Waals surface area contributed by atoms with E-state index in [2.05, 4.69) is 0 Å². The van der Waals surface area contributed by atoms with Crippen LogP contribution >= 0.6 is 0 Å². The molecular weight excluding hydrogens is 861 g/mol. The fraction of sp³-hybridized carbons (Fsp3) is 0.302. The molecule has 14 nitrogen and oxygen atoms in total. The maximum atomic E-state index is 12.6. The zero-order valence-electron chi connectivity index (χ0n) is 39.3. The summed E-state index contributed by atoms with van der Waals surface area (Å²) in [7, 11) is 10.6. The number of rotatable bonds is 19. The second-order valence-electron chi connectivity index (χ2n) is 14.8. The first-order valence-corrected chi connectivity index (χ1v) is 21.4. The summed E-state index contributed by atoms with van der Waals surface area (Å²) in [4.78, 5) is 12.6. The minimum absolute atomic E-state index is 0.000128. The molecular formula is C53H62O14. The maximum absolute atomic E-state index is 12.6. The molecule has 3 atom stereocenters. The summed E-state index contributed by atoms with van der Waals surface area (Å²) >= 11 is 0. The number of methoxy groups -OCH3 is 7. The second kappa shape index (κ2) is 25.5. The summed E-state index contributed by atoms with van der Waals surface area (Å²) in [6.45, 7) is 3.44. The molecule has 3 unspecified atom stereocenters. The predicted molar refractivity (Wildman–Crippen MR) is 255 cm³/mol. The number of phenolic OH excluding ortho intramolecular Hbond substituents is 3. The Kier molecular flexibility index (Phi) is 20.0. The number of phenols is 3. The number of ether oxygens (including phenoxy) is 7. The Bertz CT molecular complexity index is 2410. The summed E-state index contributed by atoms with van der Waals surface area (Å²) in [5, 5.41) is 59.7. The summed E-state index contributed by atoms with van der Waals surface area (Å²) in [5.74, 6) is 1.19. The van der Waals surface area contributed by atoms with E-state index in [4.69, 9.17) is 33.2 Å². The van der Waals surface area contributed by atoms with Crippen molar-refractivity contribution in [1.82, 2.24) is 0 Å². The quantitative estimate of drug-likeness (QED) is 0.0422. The van der Waals surface area contributed by atoms with Crippen LogP contribution in [-0.4, -0.2) is 93.3 Å². The number of aldehydes is 1. The molecule has 0 saturated heterocycles. The highest BCUT2D eigenvalue weighted by Crippen LogP contribution is 2.46. The van der Waals surface area contributed by atoms with Gasteiger partial charge in [0.15, 0.2) is 46.0 Å². The van der Waals surface area contributed by atoms with Crippen molar-refractivity contribution >= 4 is 6.29 Å². The van der Waals surface area contributed by atoms with Crippen molar-refractivity contribution in [3.63, 3.8) is 0 Å². The van der Waals surface area contributed by atoms with Gasteiger partial charge in [-0.05, 0) is 94.0 Å². The lowest BCUT2D eigenvalue weighted by atomic mass is 9.77. The van der Waals surface area contributed by atoms with Crippen LogP contribution in [-0.2, 0) is 18.0 Å². The molecule has 6 aromatic carbocycles. The van der Waals surface area contributed by atoms with E-state index in [1.807, 2.05) is 44.2 Å². The number of carbonyl (C=O) groups is 1. The molecule has 67 heavy (non-hydrogen) atoms. The van der Waals surface area contributed by atoms with Crippen LogP contribution < -0.4 is 33.2 Å². The molecule has 358 valence electrons. The number of aliphatic hydroxyl groups excluding tert-OH is 3. The van der Waals surface area contributed by atoms with Gasteiger partial charge in [-0.3, -0.25) is 0 Å². The highest BCUT2D eigenvalue weighted by atomic mass is 16.5. The number of aromatic hydroxyl groups is 3. The van der Waals surface area contributed by atoms with Crippen LogP contribution in [0.25, 0.3) is 0 Å². The van der Waals surface area contributed by atoms with Crippen molar-refractivity contribution in [1.29, 1.82) is 0 Å². The van der Waals surface area contributed by atoms with E-state index in [9.17, 15) is 35.4 Å². The van der Waals surface area contributed by atoms with Gasteiger partial charge in [-0.2, -0.15) is 0 Å². The molecule has 0 aliphatic heterocycles. The van der Waals surface area contributed by atoms with Crippen LogP contribution in [0.3, 0.4) is 0 Å². The maximum Gasteiger partial charge on any atom is 0.161 e. The molecule has 0 bridgehead atoms. The van der Waals surface area contributed by atoms with Gasteiger partial charge >= 0.3 is 0 Å². The van der Waals surface area contributed by atoms with Gasteiger partial charge < -0.3 is 68.6 Å². The van der Waals surface area contributed by atoms with E-state index in [1.165, 1.54) is 46.6 Å². The Hall–Kier alpha value is -7.13. The summed E-state index contributed by atoms with van der Waals surface area (Å²) in [6.07, 6.45) is 0.904. The third-order valence-electron chi connectivity index (χ3n) is 11.3. The monoisotopic (exact) mass is 922 g/mol. The highest BCUT2D eigenvalue weighted by Gasteiger charge is 2.31. The van der Waals surface area contributed by atoms with E-state index in [-0.39, 0.29) is 37.1 Å². The SMILES string of the molecule is CC.COc1cc(C(C=O)C(c2ccc(CO)c(OC)c2)c2ccc(OC)c(OC)c2)ccc1CO.COc1cc(C(CO)C(c2ccc(O)c(OC)c2)c2ccc(O)c(OC)c2)ccc1O. The Morgan fingerprint density at radius 1 is 0.403 bits per heavy atom. The number of hydrogen-bond donors (Lipinski definition) is 6. The molecule has 0 saturated carbocycles. The smallest absolute Gasteiger partial charge is 0.161 e. The number of aliphatic hydroxyl groups is 3. The van der Waals surface area contributed by atoms with Crippen molar-refractivity contribution in [2.45, 2.75) is 50.7 Å². The number of carbonyl (C=O) groups excluding carboxylic acids is 1. The minimum Gasteiger partial charge on any atom is -0.504 e. The first kappa shape index (κ1) is 52.5. The normalized spacial score (nSPS) is 12.0. The summed E-state index contributed by atoms with van der Waals surface area (Å²) < 4.78 is 37.6. The van der Waals surface area contributed by atoms with Crippen LogP contribution in [0.15, 0.2) is 109 Å². The van der Waals surface area contributed by atoms with Crippen LogP contribution in [0, 0.1) is 0 Å². The highest BCUT2D eigenvalue weighted by molar-refractivity contribution is 5.68. The van der Waals surface area contributed by atoms with E-state index in [1.54, 1.807) is 82.0 Å². The van der Waals surface area contributed by atoms with Gasteiger partial charge in [0.25, 0.3) is 0 Å². The van der Waals surface area contributed by atoms with E-state index in [0.29, 0.717) is 51.4 Å². The van der Waals surface area contributed by atoms with Crippen molar-refractivity contribution < 1.29 is 68.6 Å². The molecule has 0 aromatic heterocycles. The Morgan fingerprint density at radius 2 is 0.731 bits per heavy atom. The number of benzene rings is 6. The molecule has 0 heterocycles. The van der Waals surface area contributed by atoms with Crippen molar-refractivity contribution in [3.05, 3.63) is 154 Å². The summed E-state index contributed by atoms with van der Waals surface area (Å²) in [5.41, 5.74) is 5.95. The molecule has 0 aliphatic rings. The molecule has 0 amide bonds. The molecule has 6 N–H and O–H groups in total. The van der Waals surface area contributed by atoms with Gasteiger partial charge in [0, 0.05) is 28.9 Å². The van der Waals surface area contributed by atoms with Crippen LogP contribution in [0.4, 0.5) is 0 Å². The number of hydrogen-bond acceptors (Lipinski definition) is 14. The van der Waals surface area contributed by atoms with Gasteiger partial charge in [0.2, 0.25) is 0 Å². The van der Waals surface area contributed by atoms with Gasteiger partial charge in [0.05, 0.1) is 75.5 Å². The second-order valence-corrected chi connectivity index (χ2v) is 14.8. The van der Waals surface area contributed by atoms with Gasteiger partial charge in [-0.15, -0.1) is 0 Å². The molecule has 6 rings (SSSR count). The molecule has 6 aromatic rings. The lowest BCUT2D eigenvalue weighted by molar-refractivity contribution is -0.109. The molecule has 0 spiro atoms. The molecule has 0 aliphatic carbocycles. The lowest BCUT2D eigenvalue weighted by Gasteiger charge is -2.28. The Morgan fingerprint density at radius 3 is 1.13 bits per heavy atom. The van der Waals surface area contributed by atoms with Crippen molar-refractivity contribution in [3.8, 4) is 57.5 Å². The third kappa shape index (κ3) is 12.2. The fourth-order valence-electron chi connectivity index (χ4n) is 7.95. The van der Waals surface area contributed by atoms with Gasteiger partial charge in [0.1, 0.15) is 17.8 Å². The largest absolute Gasteiger partial charge is 0.504 e. The average molecular weight is 923 g/mol. The Balaban J connectivity index is 0.000000283. The zero-order chi connectivity index (χ0) is 49.2. The van der Waals surface area contributed by atoms with Gasteiger partial charge in [-0.25, -0.2) is 0 Å². The third-order valence-corrected chi connectivity index (χ3v) is 11.3. The van der Waals surface area contributed by atoms with Crippen molar-refractivity contribution in [2.75, 3.05) is 56.4 Å². The molecule has 14 heteroatoms. The van der Waals surface area contributed by atoms with Crippen LogP contribution in [0.1, 0.15) is 82.0 Å². The van der Waals surface area contributed by atoms with Gasteiger partial charge in [-0.1, -0.05) is 62.4 Å². The van der Waals surface area contributed by atoms with Crippen LogP contribution in [0.2, 0.25) is 0 Å². The average Bonchev–Trinajstić information content (AvgIpc) is 3.38. The fourth-order valence-corrected chi connectivity index (χ4v) is 7.95. The van der Waals surface area contributed by atoms with Crippen molar-refractivity contribution in [2.24, 2.45) is 0 Å². The van der Waals surface area contributed by atoms with E-state index < -0.39 is 23.7 Å². The predicted octanol–water partition coefficient (Wildman–Crippen LogP) is 8.58. The lowest BCUT2D eigenvalue weighted by Crippen LogP contribution is -2.17. The molecule has 0 radical (unpaired) electrons. The minimum atomic E-state index is -0.593. The van der Waals surface area contributed by atoms with Crippen LogP contribution in [0.5, 0.6) is 57.5 Å². The topological polar surface area (TPSA) is 203 Å².